The van der Waals surface area contributed by atoms with E-state index in [2.05, 4.69) is 0 Å². The Kier molecular flexibility index (Phi) is 4.50. The van der Waals surface area contributed by atoms with E-state index in [0.717, 1.165) is 0 Å². The van der Waals surface area contributed by atoms with Gasteiger partial charge in [0.2, 0.25) is 10.0 Å². The Morgan fingerprint density at radius 3 is 2.67 bits per heavy atom. The Morgan fingerprint density at radius 1 is 1.43 bits per heavy atom. The highest BCUT2D eigenvalue weighted by molar-refractivity contribution is 7.89. The van der Waals surface area contributed by atoms with Crippen LogP contribution in [0.5, 0.6) is 0 Å². The molecule has 2 N–H and O–H groups in total. The van der Waals surface area contributed by atoms with Crippen LogP contribution in [-0.2, 0) is 19.5 Å². The van der Waals surface area contributed by atoms with Gasteiger partial charge in [0.05, 0.1) is 24.5 Å². The lowest BCUT2D eigenvalue weighted by atomic mass is 10.2. The van der Waals surface area contributed by atoms with E-state index in [1.165, 1.54) is 18.2 Å². The molecule has 0 spiro atoms. The van der Waals surface area contributed by atoms with Crippen molar-refractivity contribution in [3.8, 4) is 0 Å². The highest BCUT2D eigenvalue weighted by atomic mass is 32.2. The summed E-state index contributed by atoms with van der Waals surface area (Å²) in [5, 5.41) is 5.20. The molecule has 2 rings (SSSR count). The van der Waals surface area contributed by atoms with Crippen LogP contribution < -0.4 is 10.0 Å². The van der Waals surface area contributed by atoms with E-state index in [4.69, 9.17) is 14.6 Å². The quantitative estimate of drug-likeness (QED) is 0.805. The van der Waals surface area contributed by atoms with Gasteiger partial charge in [0.25, 0.3) is 0 Å². The van der Waals surface area contributed by atoms with Crippen LogP contribution in [0, 0.1) is 0 Å². The van der Waals surface area contributed by atoms with Crippen molar-refractivity contribution in [1.29, 1.82) is 0 Å². The SMILES string of the molecule is CN(C)c1ccc(C(=O)OC2CCOC2)cc1S(N)(=O)=O. The molecule has 0 radical (unpaired) electrons. The number of ether oxygens (including phenoxy) is 2. The molecule has 1 atom stereocenters. The Balaban J connectivity index is 2.30. The number of nitrogens with two attached hydrogens (primary N) is 1. The molecule has 0 amide bonds. The Morgan fingerprint density at radius 2 is 2.14 bits per heavy atom. The van der Waals surface area contributed by atoms with Gasteiger partial charge in [-0.2, -0.15) is 0 Å². The Bertz CT molecular complexity index is 636. The maximum absolute atomic E-state index is 12.0. The molecule has 1 aliphatic rings. The molecule has 1 unspecified atom stereocenters. The first-order valence-electron chi connectivity index (χ1n) is 6.42. The molecule has 1 aromatic carbocycles. The largest absolute Gasteiger partial charge is 0.456 e. The van der Waals surface area contributed by atoms with Crippen molar-refractivity contribution >= 4 is 21.7 Å². The van der Waals surface area contributed by atoms with Gasteiger partial charge in [0.1, 0.15) is 11.0 Å². The zero-order chi connectivity index (χ0) is 15.6. The van der Waals surface area contributed by atoms with Crippen LogP contribution in [0.4, 0.5) is 5.69 Å². The van der Waals surface area contributed by atoms with Crippen molar-refractivity contribution in [2.75, 3.05) is 32.2 Å². The fourth-order valence-corrected chi connectivity index (χ4v) is 2.90. The maximum Gasteiger partial charge on any atom is 0.338 e. The number of nitrogens with zero attached hydrogens (tertiary/aromatic N) is 1. The summed E-state index contributed by atoms with van der Waals surface area (Å²) in [4.78, 5) is 13.5. The van der Waals surface area contributed by atoms with Crippen molar-refractivity contribution in [1.82, 2.24) is 0 Å². The number of carbonyl (C=O) groups excluding carboxylic acids is 1. The molecule has 116 valence electrons. The minimum Gasteiger partial charge on any atom is -0.456 e. The average Bonchev–Trinajstić information content (AvgIpc) is 2.89. The summed E-state index contributed by atoms with van der Waals surface area (Å²) in [6.07, 6.45) is 0.354. The molecule has 0 saturated carbocycles. The maximum atomic E-state index is 12.0. The zero-order valence-electron chi connectivity index (χ0n) is 11.9. The summed E-state index contributed by atoms with van der Waals surface area (Å²) in [6.45, 7) is 0.920. The lowest BCUT2D eigenvalue weighted by molar-refractivity contribution is 0.0270. The molecule has 8 heteroatoms. The summed E-state index contributed by atoms with van der Waals surface area (Å²) < 4.78 is 33.7. The lowest BCUT2D eigenvalue weighted by Gasteiger charge is -2.17. The van der Waals surface area contributed by atoms with Gasteiger partial charge in [-0.3, -0.25) is 0 Å². The van der Waals surface area contributed by atoms with Crippen molar-refractivity contribution < 1.29 is 22.7 Å². The molecular weight excluding hydrogens is 296 g/mol. The van der Waals surface area contributed by atoms with Gasteiger partial charge in [-0.1, -0.05) is 0 Å². The standard InChI is InChI=1S/C13H18N2O5S/c1-15(2)11-4-3-9(7-12(11)21(14,17)18)13(16)20-10-5-6-19-8-10/h3-4,7,10H,5-6,8H2,1-2H3,(H2,14,17,18). The summed E-state index contributed by atoms with van der Waals surface area (Å²) in [7, 11) is -0.551. The van der Waals surface area contributed by atoms with E-state index in [0.29, 0.717) is 25.3 Å². The van der Waals surface area contributed by atoms with Gasteiger partial charge >= 0.3 is 5.97 Å². The van der Waals surface area contributed by atoms with Crippen LogP contribution in [-0.4, -0.2) is 47.8 Å². The lowest BCUT2D eigenvalue weighted by Crippen LogP contribution is -2.21. The third-order valence-electron chi connectivity index (χ3n) is 3.15. The van der Waals surface area contributed by atoms with E-state index in [1.807, 2.05) is 0 Å². The normalized spacial score (nSPS) is 18.5. The first-order chi connectivity index (χ1) is 9.79. The van der Waals surface area contributed by atoms with E-state index in [9.17, 15) is 13.2 Å². The fraction of sp³-hybridized carbons (Fsp3) is 0.462. The molecule has 0 aliphatic carbocycles. The number of esters is 1. The van der Waals surface area contributed by atoms with Crippen LogP contribution in [0.25, 0.3) is 0 Å². The van der Waals surface area contributed by atoms with Gasteiger partial charge in [-0.25, -0.2) is 18.4 Å². The monoisotopic (exact) mass is 314 g/mol. The second-order valence-corrected chi connectivity index (χ2v) is 6.54. The number of hydrogen-bond donors (Lipinski definition) is 1. The summed E-state index contributed by atoms with van der Waals surface area (Å²) in [5.74, 6) is -0.583. The number of primary sulfonamides is 1. The van der Waals surface area contributed by atoms with Crippen molar-refractivity contribution in [2.24, 2.45) is 5.14 Å². The molecular formula is C13H18N2O5S. The molecule has 1 aromatic rings. The minimum atomic E-state index is -3.94. The highest BCUT2D eigenvalue weighted by Gasteiger charge is 2.23. The Hall–Kier alpha value is -1.64. The molecule has 21 heavy (non-hydrogen) atoms. The number of carbonyl (C=O) groups is 1. The molecule has 1 aliphatic heterocycles. The number of rotatable bonds is 4. The first-order valence-corrected chi connectivity index (χ1v) is 7.96. The van der Waals surface area contributed by atoms with Crippen LogP contribution in [0.15, 0.2) is 23.1 Å². The predicted molar refractivity (Wildman–Crippen MR) is 76.8 cm³/mol. The van der Waals surface area contributed by atoms with Crippen LogP contribution >= 0.6 is 0 Å². The second kappa shape index (κ2) is 6.00. The number of hydrogen-bond acceptors (Lipinski definition) is 6. The van der Waals surface area contributed by atoms with E-state index in [1.54, 1.807) is 19.0 Å². The van der Waals surface area contributed by atoms with Gasteiger partial charge in [-0.15, -0.1) is 0 Å². The minimum absolute atomic E-state index is 0.107. The van der Waals surface area contributed by atoms with Crippen molar-refractivity contribution in [3.63, 3.8) is 0 Å². The molecule has 1 heterocycles. The third kappa shape index (κ3) is 3.72. The van der Waals surface area contributed by atoms with Crippen molar-refractivity contribution in [2.45, 2.75) is 17.4 Å². The van der Waals surface area contributed by atoms with E-state index < -0.39 is 16.0 Å². The molecule has 1 saturated heterocycles. The molecule has 1 fully saturated rings. The van der Waals surface area contributed by atoms with Crippen LogP contribution in [0.3, 0.4) is 0 Å². The van der Waals surface area contributed by atoms with Gasteiger partial charge in [-0.05, 0) is 18.2 Å². The third-order valence-corrected chi connectivity index (χ3v) is 4.09. The Labute approximate surface area is 123 Å². The molecule has 7 nitrogen and oxygen atoms in total. The van der Waals surface area contributed by atoms with Crippen molar-refractivity contribution in [3.05, 3.63) is 23.8 Å². The van der Waals surface area contributed by atoms with E-state index in [-0.39, 0.29) is 16.6 Å². The smallest absolute Gasteiger partial charge is 0.338 e. The van der Waals surface area contributed by atoms with Gasteiger partial charge in [0.15, 0.2) is 0 Å². The molecule has 0 aromatic heterocycles. The summed E-state index contributed by atoms with van der Waals surface area (Å²) in [6, 6.07) is 4.28. The zero-order valence-corrected chi connectivity index (χ0v) is 12.7. The highest BCUT2D eigenvalue weighted by Crippen LogP contribution is 2.24. The topological polar surface area (TPSA) is 98.9 Å². The summed E-state index contributed by atoms with van der Waals surface area (Å²) >= 11 is 0. The number of anilines is 1. The molecule has 0 bridgehead atoms. The van der Waals surface area contributed by atoms with Gasteiger partial charge < -0.3 is 14.4 Å². The predicted octanol–water partition coefficient (Wildman–Crippen LogP) is 0.346. The second-order valence-electron chi connectivity index (χ2n) is 5.01. The summed E-state index contributed by atoms with van der Waals surface area (Å²) in [5.41, 5.74) is 0.565. The fourth-order valence-electron chi connectivity index (χ4n) is 2.06. The van der Waals surface area contributed by atoms with Crippen LogP contribution in [0.1, 0.15) is 16.8 Å². The van der Waals surface area contributed by atoms with Gasteiger partial charge in [0, 0.05) is 20.5 Å². The average molecular weight is 314 g/mol. The number of benzene rings is 1. The first kappa shape index (κ1) is 15.7. The number of sulfonamides is 1. The van der Waals surface area contributed by atoms with Crippen LogP contribution in [0.2, 0.25) is 0 Å². The van der Waals surface area contributed by atoms with E-state index >= 15 is 0 Å².